The van der Waals surface area contributed by atoms with E-state index in [9.17, 15) is 84.9 Å². The predicted molar refractivity (Wildman–Crippen MR) is 176 cm³/mol. The Labute approximate surface area is 318 Å². The van der Waals surface area contributed by atoms with Crippen molar-refractivity contribution in [1.29, 1.82) is 0 Å². The van der Waals surface area contributed by atoms with Crippen LogP contribution in [0.25, 0.3) is 0 Å². The normalized spacial score (nSPS) is 14.2. The van der Waals surface area contributed by atoms with Crippen molar-refractivity contribution in [2.24, 2.45) is 0 Å². The molecule has 0 heterocycles. The smallest absolute Gasteiger partial charge is 0.460 e. The number of thioether (sulfide) groups is 2. The number of hydrogen-bond acceptors (Lipinski definition) is 6. The third-order valence-corrected chi connectivity index (χ3v) is 10.2. The first-order valence-corrected chi connectivity index (χ1v) is 18.2. The fraction of sp³-hybridized carbons (Fsp3) is 0.636. The van der Waals surface area contributed by atoms with Crippen LogP contribution in [0.2, 0.25) is 0 Å². The summed E-state index contributed by atoms with van der Waals surface area (Å²) in [4.78, 5) is 0. The van der Waals surface area contributed by atoms with Crippen molar-refractivity contribution in [1.82, 2.24) is 0 Å². The van der Waals surface area contributed by atoms with Gasteiger partial charge in [-0.15, -0.1) is 0 Å². The van der Waals surface area contributed by atoms with E-state index >= 15 is 0 Å². The number of phenols is 2. The van der Waals surface area contributed by atoms with E-state index in [0.29, 0.717) is 28.3 Å². The maximum Gasteiger partial charge on any atom is 0.460 e. The van der Waals surface area contributed by atoms with E-state index in [0.717, 1.165) is 6.42 Å². The van der Waals surface area contributed by atoms with Crippen LogP contribution >= 0.6 is 23.5 Å². The molecule has 1 atom stereocenters. The number of phenolic OH excluding ortho intramolecular Hbond substituents is 2. The average molecular weight is 885 g/mol. The van der Waals surface area contributed by atoms with E-state index < -0.39 is 59.8 Å². The van der Waals surface area contributed by atoms with Gasteiger partial charge in [-0.3, -0.25) is 0 Å². The summed E-state index contributed by atoms with van der Waals surface area (Å²) in [5, 5.41) is 19.5. The molecule has 2 rings (SSSR count). The number of aromatic hydroxyl groups is 2. The lowest BCUT2D eigenvalue weighted by Crippen LogP contribution is -2.74. The van der Waals surface area contributed by atoms with Crippen LogP contribution in [0.5, 0.6) is 23.0 Å². The largest absolute Gasteiger partial charge is 0.504 e. The molecule has 1 unspecified atom stereocenters. The van der Waals surface area contributed by atoms with Gasteiger partial charge in [-0.1, -0.05) is 26.0 Å². The lowest BCUT2D eigenvalue weighted by Gasteiger charge is -2.42. The number of hydrogen-bond donors (Lipinski definition) is 2. The van der Waals surface area contributed by atoms with Crippen LogP contribution < -0.4 is 9.47 Å². The number of halogens is 17. The lowest BCUT2D eigenvalue weighted by atomic mass is 9.88. The molecule has 0 aliphatic carbocycles. The molecule has 23 heteroatoms. The van der Waals surface area contributed by atoms with Crippen molar-refractivity contribution in [2.75, 3.05) is 31.5 Å². The van der Waals surface area contributed by atoms with Crippen molar-refractivity contribution in [3.8, 4) is 23.0 Å². The van der Waals surface area contributed by atoms with Gasteiger partial charge in [-0.25, -0.2) is 0 Å². The Morgan fingerprint density at radius 2 is 1.02 bits per heavy atom. The Bertz CT molecular complexity index is 1540. The van der Waals surface area contributed by atoms with E-state index in [-0.39, 0.29) is 35.8 Å². The van der Waals surface area contributed by atoms with Gasteiger partial charge in [0, 0.05) is 11.7 Å². The zero-order valence-electron chi connectivity index (χ0n) is 29.7. The van der Waals surface area contributed by atoms with E-state index in [1.165, 1.54) is 43.0 Å². The van der Waals surface area contributed by atoms with Crippen LogP contribution in [-0.4, -0.2) is 94.6 Å². The molecule has 2 N–H and O–H groups in total. The number of benzene rings is 2. The molecule has 56 heavy (non-hydrogen) atoms. The molecule has 2 aromatic carbocycles. The van der Waals surface area contributed by atoms with Crippen LogP contribution in [0.3, 0.4) is 0 Å². The summed E-state index contributed by atoms with van der Waals surface area (Å²) in [6, 6.07) is 9.57. The summed E-state index contributed by atoms with van der Waals surface area (Å²) in [5.74, 6) is -55.7. The number of methoxy groups -OCH3 is 2. The molecule has 0 fully saturated rings. The van der Waals surface area contributed by atoms with Crippen molar-refractivity contribution >= 4 is 23.5 Å². The summed E-state index contributed by atoms with van der Waals surface area (Å²) >= 11 is 2.33. The molecule has 0 aliphatic heterocycles. The molecular weight excluding hydrogens is 847 g/mol. The molecule has 324 valence electrons. The Morgan fingerprint density at radius 1 is 0.589 bits per heavy atom. The molecule has 0 amide bonds. The number of alkyl halides is 17. The van der Waals surface area contributed by atoms with E-state index in [4.69, 9.17) is 9.47 Å². The maximum absolute atomic E-state index is 13.9. The molecule has 0 spiro atoms. The standard InChI is InChI=1S/C20H17F17O2S.C13H20O2S/c1-39-12-9-10(4-5-11(12)38)3-2-7-40-8-6-13(21,22)14(23,24)15(25,26)16(27,28)17(29,30)18(31,32)19(33,34)20(35,36)37;1-4-7-16-10(2)8-11-5-6-12(14)13(9-11)15-3/h4-5,9,38H,2-3,6-8H2,1H3;5-6,9-10,14H,4,7-8H2,1-3H3. The zero-order chi connectivity index (χ0) is 43.8. The molecule has 0 bridgehead atoms. The Balaban J connectivity index is 0.000000812. The molecule has 0 radical (unpaired) electrons. The van der Waals surface area contributed by atoms with Crippen LogP contribution in [0.1, 0.15) is 44.2 Å². The van der Waals surface area contributed by atoms with Gasteiger partial charge in [0.15, 0.2) is 23.0 Å². The number of rotatable bonds is 20. The van der Waals surface area contributed by atoms with Gasteiger partial charge < -0.3 is 19.7 Å². The van der Waals surface area contributed by atoms with Crippen LogP contribution in [0.15, 0.2) is 36.4 Å². The lowest BCUT2D eigenvalue weighted by molar-refractivity contribution is -0.461. The third kappa shape index (κ3) is 11.0. The highest BCUT2D eigenvalue weighted by Gasteiger charge is 2.95. The second kappa shape index (κ2) is 19.3. The minimum absolute atomic E-state index is 0.0511. The fourth-order valence-corrected chi connectivity index (χ4v) is 6.37. The van der Waals surface area contributed by atoms with Gasteiger partial charge in [-0.05, 0) is 78.3 Å². The summed E-state index contributed by atoms with van der Waals surface area (Å²) in [5.41, 5.74) is 1.73. The fourth-order valence-electron chi connectivity index (χ4n) is 4.47. The first-order chi connectivity index (χ1) is 25.3. The van der Waals surface area contributed by atoms with Gasteiger partial charge in [0.1, 0.15) is 0 Å². The summed E-state index contributed by atoms with van der Waals surface area (Å²) in [6.07, 6.45) is -7.75. The van der Waals surface area contributed by atoms with E-state index in [2.05, 4.69) is 13.8 Å². The molecule has 0 saturated carbocycles. The highest BCUT2D eigenvalue weighted by Crippen LogP contribution is 2.64. The van der Waals surface area contributed by atoms with Crippen LogP contribution in [0, 0.1) is 0 Å². The maximum atomic E-state index is 13.9. The molecule has 0 aromatic heterocycles. The second-order valence-electron chi connectivity index (χ2n) is 12.0. The van der Waals surface area contributed by atoms with Gasteiger partial charge in [0.25, 0.3) is 0 Å². The zero-order valence-corrected chi connectivity index (χ0v) is 31.3. The Hall–Kier alpha value is -2.85. The first-order valence-electron chi connectivity index (χ1n) is 16.0. The summed E-state index contributed by atoms with van der Waals surface area (Å²) in [7, 11) is 2.79. The van der Waals surface area contributed by atoms with Crippen molar-refractivity contribution < 1.29 is 94.3 Å². The minimum Gasteiger partial charge on any atom is -0.504 e. The molecular formula is C33H37F17O4S2. The minimum atomic E-state index is -8.62. The summed E-state index contributed by atoms with van der Waals surface area (Å²) < 4.78 is 235. The SMILES string of the molecule is CCCSC(C)Cc1ccc(O)c(OC)c1.COc1cc(CCCSCCC(F)(F)C(F)(F)C(F)(F)C(F)(F)C(F)(F)C(F)(F)C(F)(F)C(F)(F)F)ccc1O. The molecule has 0 aliphatic rings. The second-order valence-corrected chi connectivity index (χ2v) is 14.8. The Morgan fingerprint density at radius 3 is 1.46 bits per heavy atom. The Kier molecular flexibility index (Phi) is 17.6. The third-order valence-electron chi connectivity index (χ3n) is 7.72. The van der Waals surface area contributed by atoms with Gasteiger partial charge >= 0.3 is 47.6 Å². The monoisotopic (exact) mass is 884 g/mol. The van der Waals surface area contributed by atoms with Crippen molar-refractivity contribution in [3.63, 3.8) is 0 Å². The number of ether oxygens (including phenoxy) is 2. The molecule has 2 aromatic rings. The molecule has 0 saturated heterocycles. The molecule has 4 nitrogen and oxygen atoms in total. The topological polar surface area (TPSA) is 58.9 Å². The van der Waals surface area contributed by atoms with Crippen molar-refractivity contribution in [2.45, 2.75) is 98.8 Å². The number of aryl methyl sites for hydroxylation is 1. The predicted octanol–water partition coefficient (Wildman–Crippen LogP) is 11.9. The van der Waals surface area contributed by atoms with Crippen molar-refractivity contribution in [3.05, 3.63) is 47.5 Å². The highest BCUT2D eigenvalue weighted by atomic mass is 32.2. The highest BCUT2D eigenvalue weighted by molar-refractivity contribution is 7.99. The first kappa shape index (κ1) is 51.2. The van der Waals surface area contributed by atoms with Gasteiger partial charge in [-0.2, -0.15) is 98.2 Å². The summed E-state index contributed by atoms with van der Waals surface area (Å²) in [6.45, 7) is 4.43. The average Bonchev–Trinajstić information content (AvgIpc) is 3.09. The van der Waals surface area contributed by atoms with Gasteiger partial charge in [0.2, 0.25) is 0 Å². The van der Waals surface area contributed by atoms with E-state index in [1.54, 1.807) is 13.2 Å². The van der Waals surface area contributed by atoms with Crippen LogP contribution in [0.4, 0.5) is 74.6 Å². The van der Waals surface area contributed by atoms with E-state index in [1.807, 2.05) is 23.9 Å². The van der Waals surface area contributed by atoms with Crippen LogP contribution in [-0.2, 0) is 12.8 Å². The van der Waals surface area contributed by atoms with Gasteiger partial charge in [0.05, 0.1) is 14.2 Å². The quantitative estimate of drug-likeness (QED) is 0.102.